The van der Waals surface area contributed by atoms with Crippen molar-refractivity contribution in [3.8, 4) is 11.5 Å². The number of hydrogen-bond donors (Lipinski definition) is 1. The Morgan fingerprint density at radius 1 is 0.712 bits per heavy atom. The lowest BCUT2D eigenvalue weighted by atomic mass is 10.0. The molecule has 0 bridgehead atoms. The van der Waals surface area contributed by atoms with Crippen molar-refractivity contribution in [3.05, 3.63) is 180 Å². The zero-order chi connectivity index (χ0) is 45.9. The summed E-state index contributed by atoms with van der Waals surface area (Å²) in [6.07, 6.45) is -5.40. The minimum atomic E-state index is -1.43. The molecule has 1 saturated heterocycles. The first-order chi connectivity index (χ1) is 32.1. The predicted molar refractivity (Wildman–Crippen MR) is 246 cm³/mol. The summed E-state index contributed by atoms with van der Waals surface area (Å²) >= 11 is 1.22. The summed E-state index contributed by atoms with van der Waals surface area (Å²) in [5.41, 5.74) is 3.40. The average Bonchev–Trinajstić information content (AvgIpc) is 3.66. The van der Waals surface area contributed by atoms with Gasteiger partial charge in [-0.1, -0.05) is 96.7 Å². The van der Waals surface area contributed by atoms with Crippen molar-refractivity contribution in [2.45, 2.75) is 48.2 Å². The maximum absolute atomic E-state index is 15.5. The lowest BCUT2D eigenvalue weighted by molar-refractivity contribution is -0.131. The summed E-state index contributed by atoms with van der Waals surface area (Å²) in [6.45, 7) is 2.79. The van der Waals surface area contributed by atoms with Gasteiger partial charge in [0.1, 0.15) is 24.3 Å². The van der Waals surface area contributed by atoms with Crippen LogP contribution in [0.1, 0.15) is 43.6 Å². The van der Waals surface area contributed by atoms with E-state index in [4.69, 9.17) is 28.4 Å². The van der Waals surface area contributed by atoms with E-state index in [1.165, 1.54) is 37.9 Å². The Kier molecular flexibility index (Phi) is 12.4. The van der Waals surface area contributed by atoms with Gasteiger partial charge < -0.3 is 38.6 Å². The number of nitrogens with one attached hydrogen (secondary N) is 1. The lowest BCUT2D eigenvalue weighted by Gasteiger charge is -2.40. The Balaban J connectivity index is 1.27. The van der Waals surface area contributed by atoms with Crippen LogP contribution in [0.15, 0.2) is 161 Å². The molecule has 66 heavy (non-hydrogen) atoms. The van der Waals surface area contributed by atoms with Crippen LogP contribution in [0, 0.1) is 12.7 Å². The fourth-order valence-electron chi connectivity index (χ4n) is 8.05. The second kappa shape index (κ2) is 18.8. The third-order valence-corrected chi connectivity index (χ3v) is 12.2. The predicted octanol–water partition coefficient (Wildman–Crippen LogP) is 10.6. The van der Waals surface area contributed by atoms with Crippen molar-refractivity contribution in [2.75, 3.05) is 23.9 Å². The molecular weight excluding hydrogens is 864 g/mol. The minimum Gasteiger partial charge on any atom is -0.495 e. The molecule has 2 heterocycles. The van der Waals surface area contributed by atoms with E-state index in [0.717, 1.165) is 5.56 Å². The standard InChI is InChI=1S/C52H41FN2O10S/c1-30-23-26-40(60-3)38(27-30)54-43-45(62-31(2)56)37-22-14-13-21-36(37)44-48(43)66-42-28-35(53)24-25-39(42)55(44)49-47(65-52(59)34-19-11-6-12-20-34)46(64-51(58)33-17-9-5-10-18-33)41(63-49)29-61-50(57)32-15-7-4-8-16-32/h4-28,41,46-47,49,54H,29H2,1-3H3/t41-,46-,47-,49-/m1/s1. The van der Waals surface area contributed by atoms with E-state index < -0.39 is 60.8 Å². The molecule has 0 spiro atoms. The molecule has 0 amide bonds. The monoisotopic (exact) mass is 904 g/mol. The van der Waals surface area contributed by atoms with Crippen LogP contribution in [0.4, 0.5) is 27.1 Å². The SMILES string of the molecule is COc1ccc(C)cc1Nc1c2c(c3ccccc3c1OC(C)=O)N([C@@H]1O[C@H](COC(=O)c3ccccc3)[C@@H](OC(=O)c3ccccc3)[C@H]1OC(=O)c1ccccc1)c1ccc(F)cc1S2. The number of aryl methyl sites for hydroxylation is 1. The summed E-state index contributed by atoms with van der Waals surface area (Å²) in [5.74, 6) is -2.63. The molecule has 12 nitrogen and oxygen atoms in total. The molecule has 0 unspecified atom stereocenters. The van der Waals surface area contributed by atoms with Gasteiger partial charge in [-0.15, -0.1) is 0 Å². The zero-order valence-electron chi connectivity index (χ0n) is 35.8. The van der Waals surface area contributed by atoms with Crippen LogP contribution >= 0.6 is 11.8 Å². The molecule has 4 atom stereocenters. The summed E-state index contributed by atoms with van der Waals surface area (Å²) in [4.78, 5) is 57.5. The molecule has 9 rings (SSSR count). The highest BCUT2D eigenvalue weighted by atomic mass is 32.2. The lowest BCUT2D eigenvalue weighted by Crippen LogP contribution is -2.47. The molecule has 7 aromatic rings. The molecule has 2 aliphatic rings. The average molecular weight is 905 g/mol. The topological polar surface area (TPSA) is 139 Å². The largest absolute Gasteiger partial charge is 0.495 e. The maximum Gasteiger partial charge on any atom is 0.338 e. The number of nitrogens with zero attached hydrogens (tertiary/aromatic N) is 1. The highest BCUT2D eigenvalue weighted by Crippen LogP contribution is 2.59. The van der Waals surface area contributed by atoms with Gasteiger partial charge in [-0.2, -0.15) is 0 Å². The van der Waals surface area contributed by atoms with Crippen molar-refractivity contribution < 1.29 is 52.0 Å². The van der Waals surface area contributed by atoms with Gasteiger partial charge in [0.05, 0.1) is 51.4 Å². The highest BCUT2D eigenvalue weighted by molar-refractivity contribution is 8.00. The van der Waals surface area contributed by atoms with Crippen LogP contribution in [0.3, 0.4) is 0 Å². The van der Waals surface area contributed by atoms with Gasteiger partial charge in [-0.3, -0.25) is 4.79 Å². The number of carbonyl (C=O) groups excluding carboxylic acids is 4. The number of ether oxygens (including phenoxy) is 6. The molecule has 0 aromatic heterocycles. The van der Waals surface area contributed by atoms with E-state index in [1.54, 1.807) is 120 Å². The first-order valence-electron chi connectivity index (χ1n) is 20.9. The van der Waals surface area contributed by atoms with Crippen molar-refractivity contribution in [2.24, 2.45) is 0 Å². The number of halogens is 1. The summed E-state index contributed by atoms with van der Waals surface area (Å²) in [7, 11) is 1.54. The molecule has 0 radical (unpaired) electrons. The number of fused-ring (bicyclic) bond motifs is 4. The van der Waals surface area contributed by atoms with E-state index in [2.05, 4.69) is 5.32 Å². The smallest absolute Gasteiger partial charge is 0.338 e. The van der Waals surface area contributed by atoms with Crippen LogP contribution in [-0.4, -0.2) is 62.1 Å². The van der Waals surface area contributed by atoms with Gasteiger partial charge in [0.25, 0.3) is 0 Å². The number of methoxy groups -OCH3 is 1. The van der Waals surface area contributed by atoms with E-state index in [9.17, 15) is 19.2 Å². The highest BCUT2D eigenvalue weighted by Gasteiger charge is 2.54. The van der Waals surface area contributed by atoms with Crippen molar-refractivity contribution in [3.63, 3.8) is 0 Å². The maximum atomic E-state index is 15.5. The number of benzene rings is 7. The van der Waals surface area contributed by atoms with Crippen molar-refractivity contribution in [1.29, 1.82) is 0 Å². The number of rotatable bonds is 12. The van der Waals surface area contributed by atoms with E-state index in [1.807, 2.05) is 31.2 Å². The second-order valence-corrected chi connectivity index (χ2v) is 16.5. The van der Waals surface area contributed by atoms with E-state index in [0.29, 0.717) is 49.1 Å². The fourth-order valence-corrected chi connectivity index (χ4v) is 9.26. The van der Waals surface area contributed by atoms with Crippen molar-refractivity contribution in [1.82, 2.24) is 0 Å². The number of esters is 4. The third-order valence-electron chi connectivity index (χ3n) is 11.0. The van der Waals surface area contributed by atoms with Crippen LogP contribution in [0.5, 0.6) is 11.5 Å². The van der Waals surface area contributed by atoms with Gasteiger partial charge in [0.2, 0.25) is 0 Å². The van der Waals surface area contributed by atoms with Gasteiger partial charge in [0.15, 0.2) is 24.2 Å². The Morgan fingerprint density at radius 2 is 1.30 bits per heavy atom. The quantitative estimate of drug-likeness (QED) is 0.0708. The second-order valence-electron chi connectivity index (χ2n) is 15.4. The number of hydrogen-bond acceptors (Lipinski definition) is 13. The molecule has 332 valence electrons. The third kappa shape index (κ3) is 8.75. The van der Waals surface area contributed by atoms with Crippen LogP contribution in [0.25, 0.3) is 10.8 Å². The van der Waals surface area contributed by atoms with Gasteiger partial charge in [-0.05, 0) is 79.2 Å². The number of anilines is 4. The summed E-state index contributed by atoms with van der Waals surface area (Å²) in [5, 5.41) is 4.57. The molecular formula is C52H41FN2O10S. The Labute approximate surface area is 383 Å². The van der Waals surface area contributed by atoms with Gasteiger partial charge in [-0.25, -0.2) is 18.8 Å². The molecule has 14 heteroatoms. The van der Waals surface area contributed by atoms with Gasteiger partial charge >= 0.3 is 23.9 Å². The van der Waals surface area contributed by atoms with Crippen molar-refractivity contribution >= 4 is 69.2 Å². The fraction of sp³-hybridized carbons (Fsp3) is 0.154. The normalized spacial score (nSPS) is 17.2. The molecule has 7 aromatic carbocycles. The number of carbonyl (C=O) groups is 4. The molecule has 1 N–H and O–H groups in total. The van der Waals surface area contributed by atoms with Crippen LogP contribution < -0.4 is 19.7 Å². The van der Waals surface area contributed by atoms with Crippen LogP contribution in [-0.2, 0) is 23.7 Å². The Bertz CT molecular complexity index is 2970. The molecule has 0 saturated carbocycles. The van der Waals surface area contributed by atoms with Crippen LogP contribution in [0.2, 0.25) is 0 Å². The minimum absolute atomic E-state index is 0.187. The summed E-state index contributed by atoms with van der Waals surface area (Å²) in [6, 6.07) is 42.0. The van der Waals surface area contributed by atoms with Gasteiger partial charge in [0, 0.05) is 22.6 Å². The summed E-state index contributed by atoms with van der Waals surface area (Å²) < 4.78 is 52.9. The molecule has 0 aliphatic carbocycles. The first kappa shape index (κ1) is 43.6. The molecule has 1 fully saturated rings. The first-order valence-corrected chi connectivity index (χ1v) is 21.7. The van der Waals surface area contributed by atoms with E-state index in [-0.39, 0.29) is 22.4 Å². The Hall–Kier alpha value is -7.68. The zero-order valence-corrected chi connectivity index (χ0v) is 36.6. The molecule has 2 aliphatic heterocycles. The van der Waals surface area contributed by atoms with E-state index >= 15 is 4.39 Å². The Morgan fingerprint density at radius 3 is 1.92 bits per heavy atom.